The van der Waals surface area contributed by atoms with Gasteiger partial charge in [-0.2, -0.15) is 0 Å². The molecular formula is C45H26O. The van der Waals surface area contributed by atoms with Gasteiger partial charge in [-0.3, -0.25) is 0 Å². The van der Waals surface area contributed by atoms with Crippen molar-refractivity contribution in [3.8, 4) is 56.0 Å². The van der Waals surface area contributed by atoms with Crippen molar-refractivity contribution in [1.82, 2.24) is 0 Å². The van der Waals surface area contributed by atoms with E-state index in [9.17, 15) is 0 Å². The van der Waals surface area contributed by atoms with E-state index < -0.39 is 0 Å². The Morgan fingerprint density at radius 3 is 1.91 bits per heavy atom. The summed E-state index contributed by atoms with van der Waals surface area (Å²) in [6, 6.07) is 58.2. The fraction of sp³-hybridized carbons (Fsp3) is 0.0222. The third-order valence-electron chi connectivity index (χ3n) is 10.6. The number of benzene rings is 8. The number of hydrogen-bond donors (Lipinski definition) is 0. The van der Waals surface area contributed by atoms with E-state index in [2.05, 4.69) is 152 Å². The van der Waals surface area contributed by atoms with Crippen molar-refractivity contribution in [2.24, 2.45) is 0 Å². The van der Waals surface area contributed by atoms with E-state index in [-0.39, 0.29) is 5.41 Å². The van der Waals surface area contributed by atoms with Crippen molar-refractivity contribution >= 4 is 21.5 Å². The summed E-state index contributed by atoms with van der Waals surface area (Å²) in [6.07, 6.45) is 0. The first kappa shape index (κ1) is 24.4. The molecule has 1 heteroatoms. The Morgan fingerprint density at radius 1 is 0.370 bits per heavy atom. The van der Waals surface area contributed by atoms with Crippen molar-refractivity contribution in [3.05, 3.63) is 180 Å². The van der Waals surface area contributed by atoms with Crippen LogP contribution in [0.15, 0.2) is 158 Å². The van der Waals surface area contributed by atoms with Crippen molar-refractivity contribution < 1.29 is 4.74 Å². The summed E-state index contributed by atoms with van der Waals surface area (Å²) in [7, 11) is 0. The predicted octanol–water partition coefficient (Wildman–Crippen LogP) is 11.8. The Labute approximate surface area is 267 Å². The maximum atomic E-state index is 6.56. The van der Waals surface area contributed by atoms with Gasteiger partial charge in [-0.15, -0.1) is 0 Å². The summed E-state index contributed by atoms with van der Waals surface area (Å²) < 4.78 is 6.56. The van der Waals surface area contributed by atoms with Gasteiger partial charge in [0.15, 0.2) is 0 Å². The molecule has 1 nitrogen and oxygen atoms in total. The fourth-order valence-electron chi connectivity index (χ4n) is 8.86. The minimum Gasteiger partial charge on any atom is -0.456 e. The van der Waals surface area contributed by atoms with Crippen LogP contribution in [0.3, 0.4) is 0 Å². The second kappa shape index (κ2) is 8.62. The first-order chi connectivity index (χ1) is 22.8. The molecule has 8 aromatic carbocycles. The van der Waals surface area contributed by atoms with Crippen LogP contribution in [0, 0.1) is 0 Å². The van der Waals surface area contributed by atoms with E-state index in [1.165, 1.54) is 77.2 Å². The molecule has 0 aromatic heterocycles. The monoisotopic (exact) mass is 582 g/mol. The lowest BCUT2D eigenvalue weighted by molar-refractivity contribution is 0.487. The van der Waals surface area contributed by atoms with Gasteiger partial charge in [0, 0.05) is 10.9 Å². The zero-order chi connectivity index (χ0) is 30.0. The van der Waals surface area contributed by atoms with Gasteiger partial charge in [-0.05, 0) is 102 Å². The van der Waals surface area contributed by atoms with Crippen LogP contribution in [-0.4, -0.2) is 0 Å². The van der Waals surface area contributed by atoms with E-state index >= 15 is 0 Å². The molecule has 0 bridgehead atoms. The molecule has 1 unspecified atom stereocenters. The lowest BCUT2D eigenvalue weighted by atomic mass is 9.69. The molecule has 0 saturated carbocycles. The maximum Gasteiger partial charge on any atom is 0.136 e. The second-order valence-electron chi connectivity index (χ2n) is 12.8. The van der Waals surface area contributed by atoms with E-state index in [1.54, 1.807) is 0 Å². The molecule has 1 spiro atoms. The maximum absolute atomic E-state index is 6.56. The minimum atomic E-state index is -0.381. The Kier molecular flexibility index (Phi) is 4.57. The van der Waals surface area contributed by atoms with Crippen LogP contribution in [0.1, 0.15) is 22.3 Å². The van der Waals surface area contributed by atoms with Crippen LogP contribution < -0.4 is 4.74 Å². The number of para-hydroxylation sites is 1. The van der Waals surface area contributed by atoms with Crippen molar-refractivity contribution in [2.75, 3.05) is 0 Å². The Balaban J connectivity index is 1.19. The standard InChI is InChI=1S/C45H26O/c1-2-12-31-27(10-1)20-22-36-32-13-3-6-17-38(32)45(44(31)36)39-18-7-4-14-33(39)37-25-28(21-23-40(37)45)30-24-29-11-9-16-35-34-15-5-8-19-41(34)46-42(26-30)43(29)35/h1-26H. The molecule has 11 rings (SSSR count). The topological polar surface area (TPSA) is 9.23 Å². The Bertz CT molecular complexity index is 2630. The molecule has 0 amide bonds. The van der Waals surface area contributed by atoms with Gasteiger partial charge in [-0.25, -0.2) is 0 Å². The van der Waals surface area contributed by atoms with Gasteiger partial charge in [-0.1, -0.05) is 133 Å². The smallest absolute Gasteiger partial charge is 0.136 e. The van der Waals surface area contributed by atoms with E-state index in [0.717, 1.165) is 22.6 Å². The molecular weight excluding hydrogens is 556 g/mol. The molecule has 2 aliphatic carbocycles. The molecule has 0 N–H and O–H groups in total. The van der Waals surface area contributed by atoms with Crippen molar-refractivity contribution in [3.63, 3.8) is 0 Å². The third-order valence-corrected chi connectivity index (χ3v) is 10.6. The van der Waals surface area contributed by atoms with Crippen LogP contribution in [-0.2, 0) is 5.41 Å². The quantitative estimate of drug-likeness (QED) is 0.187. The third kappa shape index (κ3) is 2.91. The van der Waals surface area contributed by atoms with Gasteiger partial charge < -0.3 is 4.74 Å². The first-order valence-corrected chi connectivity index (χ1v) is 16.0. The zero-order valence-electron chi connectivity index (χ0n) is 24.9. The molecule has 0 fully saturated rings. The van der Waals surface area contributed by atoms with Gasteiger partial charge in [0.05, 0.1) is 5.41 Å². The largest absolute Gasteiger partial charge is 0.456 e. The van der Waals surface area contributed by atoms with Crippen LogP contribution >= 0.6 is 0 Å². The average molecular weight is 583 g/mol. The summed E-state index contributed by atoms with van der Waals surface area (Å²) in [5, 5.41) is 4.98. The van der Waals surface area contributed by atoms with Crippen molar-refractivity contribution in [2.45, 2.75) is 5.41 Å². The van der Waals surface area contributed by atoms with Crippen LogP contribution in [0.25, 0.3) is 66.1 Å². The summed E-state index contributed by atoms with van der Waals surface area (Å²) in [4.78, 5) is 0. The lowest BCUT2D eigenvalue weighted by Crippen LogP contribution is -2.26. The Hall–Kier alpha value is -5.92. The second-order valence-corrected chi connectivity index (χ2v) is 12.8. The molecule has 1 heterocycles. The molecule has 8 aromatic rings. The van der Waals surface area contributed by atoms with Crippen molar-refractivity contribution in [1.29, 1.82) is 0 Å². The van der Waals surface area contributed by atoms with Crippen LogP contribution in [0.5, 0.6) is 11.5 Å². The Morgan fingerprint density at radius 2 is 1.04 bits per heavy atom. The SMILES string of the molecule is c1ccc2c(c1)Oc1cc(-c3ccc4c(c3)-c3ccccc3C43c4ccccc4-c4ccc5ccccc5c43)cc3cccc-2c13. The zero-order valence-corrected chi connectivity index (χ0v) is 24.9. The average Bonchev–Trinajstić information content (AvgIpc) is 3.59. The highest BCUT2D eigenvalue weighted by molar-refractivity contribution is 6.07. The highest BCUT2D eigenvalue weighted by atomic mass is 16.5. The molecule has 0 saturated heterocycles. The first-order valence-electron chi connectivity index (χ1n) is 16.0. The highest BCUT2D eigenvalue weighted by Crippen LogP contribution is 2.64. The molecule has 1 atom stereocenters. The predicted molar refractivity (Wildman–Crippen MR) is 189 cm³/mol. The van der Waals surface area contributed by atoms with Gasteiger partial charge >= 0.3 is 0 Å². The number of ether oxygens (including phenoxy) is 1. The fourth-order valence-corrected chi connectivity index (χ4v) is 8.86. The normalized spacial score (nSPS) is 16.1. The number of rotatable bonds is 1. The van der Waals surface area contributed by atoms with E-state index in [4.69, 9.17) is 4.74 Å². The molecule has 212 valence electrons. The highest BCUT2D eigenvalue weighted by Gasteiger charge is 2.52. The molecule has 3 aliphatic rings. The molecule has 46 heavy (non-hydrogen) atoms. The number of hydrogen-bond acceptors (Lipinski definition) is 1. The number of fused-ring (bicyclic) bond motifs is 14. The van der Waals surface area contributed by atoms with Gasteiger partial charge in [0.1, 0.15) is 11.5 Å². The van der Waals surface area contributed by atoms with E-state index in [0.29, 0.717) is 0 Å². The summed E-state index contributed by atoms with van der Waals surface area (Å²) >= 11 is 0. The van der Waals surface area contributed by atoms with E-state index in [1.807, 2.05) is 6.07 Å². The minimum absolute atomic E-state index is 0.381. The summed E-state index contributed by atoms with van der Waals surface area (Å²) in [5.74, 6) is 1.83. The van der Waals surface area contributed by atoms with Gasteiger partial charge in [0.25, 0.3) is 0 Å². The lowest BCUT2D eigenvalue weighted by Gasteiger charge is -2.31. The summed E-state index contributed by atoms with van der Waals surface area (Å²) in [5.41, 5.74) is 15.1. The molecule has 0 radical (unpaired) electrons. The van der Waals surface area contributed by atoms with Gasteiger partial charge in [0.2, 0.25) is 0 Å². The van der Waals surface area contributed by atoms with Crippen LogP contribution in [0.2, 0.25) is 0 Å². The molecule has 1 aliphatic heterocycles. The van der Waals surface area contributed by atoms with Crippen LogP contribution in [0.4, 0.5) is 0 Å². The summed E-state index contributed by atoms with van der Waals surface area (Å²) in [6.45, 7) is 0.